The number of nitrogens with zero attached hydrogens (tertiary/aromatic N) is 4. The molecule has 2 heterocycles. The summed E-state index contributed by atoms with van der Waals surface area (Å²) in [7, 11) is 0. The summed E-state index contributed by atoms with van der Waals surface area (Å²) in [5, 5.41) is 1.21. The number of hydrogen-bond donors (Lipinski definition) is 0. The molecule has 0 atom stereocenters. The van der Waals surface area contributed by atoms with Crippen LogP contribution < -0.4 is 0 Å². The van der Waals surface area contributed by atoms with Gasteiger partial charge in [0.2, 0.25) is 0 Å². The molecule has 9 rings (SSSR count). The van der Waals surface area contributed by atoms with Crippen LogP contribution in [0.4, 0.5) is 0 Å². The first-order chi connectivity index (χ1) is 25.9. The third-order valence-electron chi connectivity index (χ3n) is 8.79. The molecule has 0 fully saturated rings. The van der Waals surface area contributed by atoms with E-state index in [-0.39, 0.29) is 24.2 Å². The lowest BCUT2D eigenvalue weighted by atomic mass is 9.99. The molecule has 4 nitrogen and oxygen atoms in total. The lowest BCUT2D eigenvalue weighted by Gasteiger charge is -2.12. The van der Waals surface area contributed by atoms with Crippen molar-refractivity contribution < 1.29 is 5.48 Å². The van der Waals surface area contributed by atoms with Crippen LogP contribution in [0.3, 0.4) is 0 Å². The zero-order chi connectivity index (χ0) is 36.1. The van der Waals surface area contributed by atoms with Gasteiger partial charge in [-0.05, 0) is 52.6 Å². The quantitative estimate of drug-likeness (QED) is 0.184. The molecule has 0 bridgehead atoms. The van der Waals surface area contributed by atoms with Gasteiger partial charge in [0.25, 0.3) is 0 Å². The largest absolute Gasteiger partial charge is 0.309 e. The molecular formula is C45H30N4. The highest BCUT2D eigenvalue weighted by molar-refractivity contribution is 6.10. The molecule has 0 aliphatic rings. The Kier molecular flexibility index (Phi) is 6.09. The van der Waals surface area contributed by atoms with Gasteiger partial charge in [-0.3, -0.25) is 0 Å². The van der Waals surface area contributed by atoms with Gasteiger partial charge in [-0.1, -0.05) is 152 Å². The Labute approximate surface area is 290 Å². The number of aromatic nitrogens is 4. The predicted octanol–water partition coefficient (Wildman–Crippen LogP) is 11.3. The maximum Gasteiger partial charge on any atom is 0.164 e. The maximum atomic E-state index is 9.09. The van der Waals surface area contributed by atoms with E-state index in [1.54, 1.807) is 0 Å². The first-order valence-corrected chi connectivity index (χ1v) is 16.1. The van der Waals surface area contributed by atoms with Gasteiger partial charge in [-0.15, -0.1) is 0 Å². The minimum Gasteiger partial charge on any atom is -0.309 e. The second-order valence-corrected chi connectivity index (χ2v) is 11.8. The van der Waals surface area contributed by atoms with Crippen LogP contribution in [0.5, 0.6) is 0 Å². The van der Waals surface area contributed by atoms with Crippen LogP contribution in [-0.4, -0.2) is 19.5 Å². The van der Waals surface area contributed by atoms with Gasteiger partial charge in [0, 0.05) is 33.2 Å². The Hall–Kier alpha value is -6.65. The smallest absolute Gasteiger partial charge is 0.164 e. The van der Waals surface area contributed by atoms with E-state index < -0.39 is 0 Å². The van der Waals surface area contributed by atoms with Crippen LogP contribution in [0.1, 0.15) is 5.48 Å². The summed E-state index contributed by atoms with van der Waals surface area (Å²) in [5.74, 6) is 1.59. The summed E-state index contributed by atoms with van der Waals surface area (Å²) >= 11 is 0. The standard InChI is InChI=1S/C45H30N4/c1-4-13-31(14-5-1)32-23-25-33(26-24-32)36-27-28-42-40(30-36)39-21-10-11-22-41(39)49(42)38-20-12-19-37(29-38)45-47-43(34-15-6-2-7-16-34)46-44(48-45)35-17-8-3-9-18-35/h1-30H/i10D,11D,21D,22D. The molecule has 0 spiro atoms. The van der Waals surface area contributed by atoms with E-state index in [4.69, 9.17) is 20.4 Å². The Morgan fingerprint density at radius 3 is 1.49 bits per heavy atom. The summed E-state index contributed by atoms with van der Waals surface area (Å²) < 4.78 is 37.3. The van der Waals surface area contributed by atoms with Gasteiger partial charge in [0.1, 0.15) is 0 Å². The molecule has 9 aromatic rings. The number of rotatable bonds is 6. The molecule has 0 N–H and O–H groups in total. The Morgan fingerprint density at radius 2 is 0.857 bits per heavy atom. The van der Waals surface area contributed by atoms with Crippen molar-refractivity contribution in [2.75, 3.05) is 0 Å². The Bertz CT molecular complexity index is 2750. The summed E-state index contributed by atoms with van der Waals surface area (Å²) in [6, 6.07) is 51.4. The van der Waals surface area contributed by atoms with Gasteiger partial charge < -0.3 is 4.57 Å². The van der Waals surface area contributed by atoms with Crippen molar-refractivity contribution in [3.05, 3.63) is 182 Å². The second kappa shape index (κ2) is 12.2. The minimum atomic E-state index is -0.281. The van der Waals surface area contributed by atoms with Gasteiger partial charge >= 0.3 is 0 Å². The zero-order valence-corrected chi connectivity index (χ0v) is 26.3. The number of hydrogen-bond acceptors (Lipinski definition) is 3. The average Bonchev–Trinajstić information content (AvgIpc) is 3.58. The molecule has 0 amide bonds. The third-order valence-corrected chi connectivity index (χ3v) is 8.79. The molecule has 2 aromatic heterocycles. The molecule has 230 valence electrons. The van der Waals surface area contributed by atoms with Crippen LogP contribution in [0.15, 0.2) is 182 Å². The molecule has 0 radical (unpaired) electrons. The number of fused-ring (bicyclic) bond motifs is 3. The van der Waals surface area contributed by atoms with Crippen LogP contribution in [0.2, 0.25) is 0 Å². The maximum absolute atomic E-state index is 9.09. The van der Waals surface area contributed by atoms with Crippen molar-refractivity contribution >= 4 is 21.8 Å². The van der Waals surface area contributed by atoms with Gasteiger partial charge in [-0.25, -0.2) is 15.0 Å². The fourth-order valence-corrected chi connectivity index (χ4v) is 6.38. The van der Waals surface area contributed by atoms with Crippen molar-refractivity contribution in [1.82, 2.24) is 19.5 Å². The highest BCUT2D eigenvalue weighted by Gasteiger charge is 2.16. The molecule has 7 aromatic carbocycles. The Balaban J connectivity index is 1.22. The molecule has 0 aliphatic carbocycles. The fraction of sp³-hybridized carbons (Fsp3) is 0. The summed E-state index contributed by atoms with van der Waals surface area (Å²) in [6.07, 6.45) is 0. The normalized spacial score (nSPS) is 12.4. The van der Waals surface area contributed by atoms with Crippen LogP contribution in [-0.2, 0) is 0 Å². The predicted molar refractivity (Wildman–Crippen MR) is 201 cm³/mol. The average molecular weight is 631 g/mol. The van der Waals surface area contributed by atoms with Crippen molar-refractivity contribution in [3.8, 4) is 62.1 Å². The lowest BCUT2D eigenvalue weighted by molar-refractivity contribution is 1.07. The molecule has 0 saturated carbocycles. The van der Waals surface area contributed by atoms with E-state index in [9.17, 15) is 0 Å². The molecule has 4 heteroatoms. The summed E-state index contributed by atoms with van der Waals surface area (Å²) in [5.41, 5.74) is 8.58. The van der Waals surface area contributed by atoms with Gasteiger partial charge in [0.05, 0.1) is 16.5 Å². The highest BCUT2D eigenvalue weighted by Crippen LogP contribution is 2.36. The van der Waals surface area contributed by atoms with E-state index in [1.807, 2.05) is 126 Å². The van der Waals surface area contributed by atoms with E-state index >= 15 is 0 Å². The van der Waals surface area contributed by atoms with Crippen molar-refractivity contribution in [1.29, 1.82) is 0 Å². The third kappa shape index (κ3) is 5.35. The van der Waals surface area contributed by atoms with Crippen molar-refractivity contribution in [2.45, 2.75) is 0 Å². The van der Waals surface area contributed by atoms with Crippen LogP contribution in [0, 0.1) is 0 Å². The van der Waals surface area contributed by atoms with Gasteiger partial charge in [-0.2, -0.15) is 0 Å². The van der Waals surface area contributed by atoms with E-state index in [0.717, 1.165) is 55.5 Å². The van der Waals surface area contributed by atoms with Crippen molar-refractivity contribution in [2.24, 2.45) is 0 Å². The molecule has 49 heavy (non-hydrogen) atoms. The molecular weight excluding hydrogens is 597 g/mol. The van der Waals surface area contributed by atoms with E-state index in [2.05, 4.69) is 36.4 Å². The number of benzene rings is 7. The fourth-order valence-electron chi connectivity index (χ4n) is 6.38. The highest BCUT2D eigenvalue weighted by atomic mass is 15.0. The SMILES string of the molecule is [2H]c1c([2H])c([2H])c2c(c1[2H])c1cc(-c3ccc(-c4ccccc4)cc3)ccc1n2-c1cccc(-c2nc(-c3ccccc3)nc(-c3ccccc3)n2)c1. The topological polar surface area (TPSA) is 43.6 Å². The van der Waals surface area contributed by atoms with Gasteiger partial charge in [0.15, 0.2) is 17.5 Å². The summed E-state index contributed by atoms with van der Waals surface area (Å²) in [6.45, 7) is 0. The monoisotopic (exact) mass is 630 g/mol. The van der Waals surface area contributed by atoms with Crippen LogP contribution >= 0.6 is 0 Å². The molecule has 0 saturated heterocycles. The lowest BCUT2D eigenvalue weighted by Crippen LogP contribution is -2.01. The minimum absolute atomic E-state index is 0.0741. The second-order valence-electron chi connectivity index (χ2n) is 11.8. The first-order valence-electron chi connectivity index (χ1n) is 18.1. The van der Waals surface area contributed by atoms with E-state index in [0.29, 0.717) is 28.4 Å². The molecule has 0 aliphatic heterocycles. The van der Waals surface area contributed by atoms with Crippen molar-refractivity contribution in [3.63, 3.8) is 0 Å². The zero-order valence-electron chi connectivity index (χ0n) is 30.3. The van der Waals surface area contributed by atoms with Crippen LogP contribution in [0.25, 0.3) is 83.9 Å². The number of para-hydroxylation sites is 1. The van der Waals surface area contributed by atoms with E-state index in [1.165, 1.54) is 0 Å². The Morgan fingerprint density at radius 1 is 0.367 bits per heavy atom. The first kappa shape index (κ1) is 24.5. The molecule has 0 unspecified atom stereocenters. The summed E-state index contributed by atoms with van der Waals surface area (Å²) in [4.78, 5) is 14.7.